The number of aromatic nitrogens is 1. The number of carbonyl (C=O) groups is 1. The van der Waals surface area contributed by atoms with Gasteiger partial charge in [0, 0.05) is 22.6 Å². The van der Waals surface area contributed by atoms with Crippen LogP contribution in [0, 0.1) is 13.8 Å². The number of anilines is 3. The van der Waals surface area contributed by atoms with E-state index in [1.807, 2.05) is 68.4 Å². The van der Waals surface area contributed by atoms with E-state index in [2.05, 4.69) is 15.8 Å². The molecule has 0 bridgehead atoms. The molecule has 0 fully saturated rings. The number of hydrogen-bond donors (Lipinski definition) is 2. The monoisotopic (exact) mass is 321 g/mol. The zero-order chi connectivity index (χ0) is 16.9. The maximum atomic E-state index is 12.2. The van der Waals surface area contributed by atoms with Crippen molar-refractivity contribution in [3.05, 3.63) is 71.6 Å². The molecule has 1 amide bonds. The lowest BCUT2D eigenvalue weighted by molar-refractivity contribution is -0.115. The Morgan fingerprint density at radius 3 is 2.21 bits per heavy atom. The fourth-order valence-corrected chi connectivity index (χ4v) is 2.45. The number of rotatable bonds is 5. The molecule has 2 N–H and O–H groups in total. The van der Waals surface area contributed by atoms with Crippen LogP contribution in [-0.2, 0) is 11.2 Å². The maximum absolute atomic E-state index is 12.2. The van der Waals surface area contributed by atoms with Crippen LogP contribution in [0.25, 0.3) is 0 Å². The van der Waals surface area contributed by atoms with Gasteiger partial charge in [0.1, 0.15) is 5.76 Å². The van der Waals surface area contributed by atoms with E-state index in [1.165, 1.54) is 0 Å². The molecule has 3 rings (SSSR count). The molecule has 0 saturated heterocycles. The second kappa shape index (κ2) is 7.00. The van der Waals surface area contributed by atoms with Gasteiger partial charge in [0.05, 0.1) is 12.1 Å². The Morgan fingerprint density at radius 2 is 1.58 bits per heavy atom. The van der Waals surface area contributed by atoms with Gasteiger partial charge in [0.2, 0.25) is 5.91 Å². The van der Waals surface area contributed by atoms with E-state index in [0.717, 1.165) is 28.3 Å². The standard InChI is InChI=1S/C19H19N3O2/c1-13-18(14(2)24-22-13)12-19(23)21-17-10-8-16(9-11-17)20-15-6-4-3-5-7-15/h3-11,20H,12H2,1-2H3,(H,21,23). The normalized spacial score (nSPS) is 10.4. The minimum atomic E-state index is -0.0897. The van der Waals surface area contributed by atoms with Crippen LogP contribution >= 0.6 is 0 Å². The third-order valence-electron chi connectivity index (χ3n) is 3.75. The second-order valence-corrected chi connectivity index (χ2v) is 5.60. The molecule has 0 aliphatic carbocycles. The molecule has 0 radical (unpaired) electrons. The lowest BCUT2D eigenvalue weighted by atomic mass is 10.1. The van der Waals surface area contributed by atoms with Gasteiger partial charge in [-0.25, -0.2) is 0 Å². The first-order valence-corrected chi connectivity index (χ1v) is 7.75. The van der Waals surface area contributed by atoms with Crippen LogP contribution in [-0.4, -0.2) is 11.1 Å². The molecular weight excluding hydrogens is 302 g/mol. The first-order valence-electron chi connectivity index (χ1n) is 7.75. The smallest absolute Gasteiger partial charge is 0.228 e. The molecule has 2 aromatic carbocycles. The van der Waals surface area contributed by atoms with Crippen LogP contribution in [0.1, 0.15) is 17.0 Å². The van der Waals surface area contributed by atoms with Gasteiger partial charge >= 0.3 is 0 Å². The summed E-state index contributed by atoms with van der Waals surface area (Å²) >= 11 is 0. The number of nitrogens with zero attached hydrogens (tertiary/aromatic N) is 1. The largest absolute Gasteiger partial charge is 0.361 e. The Labute approximate surface area is 140 Å². The van der Waals surface area contributed by atoms with Crippen LogP contribution in [0.3, 0.4) is 0 Å². The first-order chi connectivity index (χ1) is 11.6. The Balaban J connectivity index is 1.61. The first kappa shape index (κ1) is 15.8. The lowest BCUT2D eigenvalue weighted by Gasteiger charge is -2.08. The molecule has 1 heterocycles. The summed E-state index contributed by atoms with van der Waals surface area (Å²) in [4.78, 5) is 12.2. The predicted molar refractivity (Wildman–Crippen MR) is 94.5 cm³/mol. The van der Waals surface area contributed by atoms with E-state index in [-0.39, 0.29) is 12.3 Å². The summed E-state index contributed by atoms with van der Waals surface area (Å²) in [5.41, 5.74) is 4.34. The van der Waals surface area contributed by atoms with Crippen LogP contribution in [0.4, 0.5) is 17.1 Å². The van der Waals surface area contributed by atoms with Crippen LogP contribution in [0.5, 0.6) is 0 Å². The zero-order valence-corrected chi connectivity index (χ0v) is 13.7. The quantitative estimate of drug-likeness (QED) is 0.738. The third-order valence-corrected chi connectivity index (χ3v) is 3.75. The molecule has 0 aliphatic rings. The van der Waals surface area contributed by atoms with Crippen molar-refractivity contribution in [3.8, 4) is 0 Å². The van der Waals surface area contributed by atoms with Gasteiger partial charge in [0.25, 0.3) is 0 Å². The van der Waals surface area contributed by atoms with Crippen molar-refractivity contribution in [2.24, 2.45) is 0 Å². The summed E-state index contributed by atoms with van der Waals surface area (Å²) in [5.74, 6) is 0.596. The van der Waals surface area contributed by atoms with E-state index in [4.69, 9.17) is 4.52 Å². The number of amides is 1. The van der Waals surface area contributed by atoms with Crippen molar-refractivity contribution in [2.45, 2.75) is 20.3 Å². The van der Waals surface area contributed by atoms with E-state index in [1.54, 1.807) is 0 Å². The highest BCUT2D eigenvalue weighted by molar-refractivity contribution is 5.92. The molecule has 5 heteroatoms. The van der Waals surface area contributed by atoms with Crippen molar-refractivity contribution in [1.82, 2.24) is 5.16 Å². The van der Waals surface area contributed by atoms with Crippen molar-refractivity contribution >= 4 is 23.0 Å². The van der Waals surface area contributed by atoms with E-state index in [9.17, 15) is 4.79 Å². The average Bonchev–Trinajstić information content (AvgIpc) is 2.89. The molecule has 0 saturated carbocycles. The molecular formula is C19H19N3O2. The van der Waals surface area contributed by atoms with Gasteiger partial charge in [-0.2, -0.15) is 0 Å². The molecule has 5 nitrogen and oxygen atoms in total. The van der Waals surface area contributed by atoms with Gasteiger partial charge in [-0.05, 0) is 50.2 Å². The minimum absolute atomic E-state index is 0.0897. The van der Waals surface area contributed by atoms with Gasteiger partial charge in [-0.1, -0.05) is 23.4 Å². The number of benzene rings is 2. The van der Waals surface area contributed by atoms with E-state index in [0.29, 0.717) is 5.76 Å². The van der Waals surface area contributed by atoms with E-state index >= 15 is 0 Å². The van der Waals surface area contributed by atoms with Gasteiger partial charge in [-0.15, -0.1) is 0 Å². The predicted octanol–water partition coefficient (Wildman–Crippen LogP) is 4.22. The molecule has 122 valence electrons. The molecule has 0 aliphatic heterocycles. The Bertz CT molecular complexity index is 804. The highest BCUT2D eigenvalue weighted by atomic mass is 16.5. The molecule has 0 atom stereocenters. The van der Waals surface area contributed by atoms with Crippen LogP contribution < -0.4 is 10.6 Å². The average molecular weight is 321 g/mol. The van der Waals surface area contributed by atoms with Crippen molar-refractivity contribution in [3.63, 3.8) is 0 Å². The van der Waals surface area contributed by atoms with E-state index < -0.39 is 0 Å². The zero-order valence-electron chi connectivity index (χ0n) is 13.7. The highest BCUT2D eigenvalue weighted by Gasteiger charge is 2.13. The van der Waals surface area contributed by atoms with Crippen LogP contribution in [0.15, 0.2) is 59.1 Å². The van der Waals surface area contributed by atoms with Gasteiger partial charge < -0.3 is 15.2 Å². The molecule has 24 heavy (non-hydrogen) atoms. The summed E-state index contributed by atoms with van der Waals surface area (Å²) in [6, 6.07) is 17.5. The molecule has 1 aromatic heterocycles. The number of nitrogens with one attached hydrogen (secondary N) is 2. The fourth-order valence-electron chi connectivity index (χ4n) is 2.45. The topological polar surface area (TPSA) is 67.2 Å². The molecule has 0 spiro atoms. The van der Waals surface area contributed by atoms with Gasteiger partial charge in [0.15, 0.2) is 0 Å². The fraction of sp³-hybridized carbons (Fsp3) is 0.158. The number of carbonyl (C=O) groups excluding carboxylic acids is 1. The Morgan fingerprint density at radius 1 is 0.958 bits per heavy atom. The SMILES string of the molecule is Cc1noc(C)c1CC(=O)Nc1ccc(Nc2ccccc2)cc1. The Kier molecular flexibility index (Phi) is 4.61. The van der Waals surface area contributed by atoms with Gasteiger partial charge in [-0.3, -0.25) is 4.79 Å². The minimum Gasteiger partial charge on any atom is -0.361 e. The molecule has 0 unspecified atom stereocenters. The number of aryl methyl sites for hydroxylation is 2. The summed E-state index contributed by atoms with van der Waals surface area (Å²) in [7, 11) is 0. The summed E-state index contributed by atoms with van der Waals surface area (Å²) < 4.78 is 5.08. The van der Waals surface area contributed by atoms with Crippen LogP contribution in [0.2, 0.25) is 0 Å². The summed E-state index contributed by atoms with van der Waals surface area (Å²) in [6.07, 6.45) is 0.255. The third kappa shape index (κ3) is 3.81. The number of para-hydroxylation sites is 1. The number of hydrogen-bond acceptors (Lipinski definition) is 4. The summed E-state index contributed by atoms with van der Waals surface area (Å²) in [5, 5.41) is 10.1. The lowest BCUT2D eigenvalue weighted by Crippen LogP contribution is -2.15. The Hall–Kier alpha value is -3.08. The van der Waals surface area contributed by atoms with Crippen molar-refractivity contribution < 1.29 is 9.32 Å². The van der Waals surface area contributed by atoms with Crippen molar-refractivity contribution in [1.29, 1.82) is 0 Å². The summed E-state index contributed by atoms with van der Waals surface area (Å²) in [6.45, 7) is 3.65. The van der Waals surface area contributed by atoms with Crippen molar-refractivity contribution in [2.75, 3.05) is 10.6 Å². The second-order valence-electron chi connectivity index (χ2n) is 5.60. The highest BCUT2D eigenvalue weighted by Crippen LogP contribution is 2.19. The maximum Gasteiger partial charge on any atom is 0.228 e. The molecule has 3 aromatic rings.